The summed E-state index contributed by atoms with van der Waals surface area (Å²) < 4.78 is 16.4. The molecule has 1 aliphatic rings. The molecule has 0 saturated carbocycles. The third-order valence-electron chi connectivity index (χ3n) is 16.0. The van der Waals surface area contributed by atoms with E-state index in [2.05, 4.69) is 265 Å². The van der Waals surface area contributed by atoms with Crippen LogP contribution in [0.25, 0.3) is 82.9 Å². The number of para-hydroxylation sites is 3. The maximum Gasteiger partial charge on any atom is 0.145 e. The van der Waals surface area contributed by atoms with Crippen LogP contribution in [0.2, 0.25) is 0 Å². The molecule has 3 aromatic heterocycles. The van der Waals surface area contributed by atoms with Crippen molar-refractivity contribution >= 4 is 66.5 Å². The van der Waals surface area contributed by atoms with Gasteiger partial charge in [-0.15, -0.1) is 0 Å². The molecule has 13 rings (SSSR count). The zero-order chi connectivity index (χ0) is 53.6. The minimum absolute atomic E-state index is 0.0801. The molecule has 0 bridgehead atoms. The van der Waals surface area contributed by atoms with Crippen molar-refractivity contribution in [1.82, 2.24) is 9.55 Å². The Labute approximate surface area is 457 Å². The van der Waals surface area contributed by atoms with E-state index >= 15 is 0 Å². The van der Waals surface area contributed by atoms with E-state index in [0.717, 1.165) is 83.7 Å². The second kappa shape index (κ2) is 19.0. The number of aryl methyl sites for hydroxylation is 2. The molecule has 6 nitrogen and oxygen atoms in total. The number of hydrogen-bond donors (Lipinski definition) is 0. The zero-order valence-electron chi connectivity index (χ0n) is 46.0. The van der Waals surface area contributed by atoms with Crippen LogP contribution in [0.4, 0.5) is 22.7 Å². The van der Waals surface area contributed by atoms with Gasteiger partial charge in [0.1, 0.15) is 35.2 Å². The summed E-state index contributed by atoms with van der Waals surface area (Å²) in [5.41, 5.74) is 21.7. The molecule has 384 valence electrons. The molecule has 78 heavy (non-hydrogen) atoms. The Morgan fingerprint density at radius 3 is 1.81 bits per heavy atom. The van der Waals surface area contributed by atoms with E-state index in [0.29, 0.717) is 18.5 Å². The summed E-state index contributed by atoms with van der Waals surface area (Å²) in [5.74, 6) is 2.91. The Morgan fingerprint density at radius 1 is 0.513 bits per heavy atom. The van der Waals surface area contributed by atoms with Crippen molar-refractivity contribution in [1.29, 1.82) is 0 Å². The van der Waals surface area contributed by atoms with Gasteiger partial charge in [0.05, 0.1) is 33.5 Å². The number of benzene rings is 9. The average molecular weight is 1020 g/mol. The van der Waals surface area contributed by atoms with Crippen molar-refractivity contribution in [2.75, 3.05) is 16.5 Å². The van der Waals surface area contributed by atoms with Gasteiger partial charge in [0.25, 0.3) is 0 Å². The monoisotopic (exact) mass is 1020 g/mol. The largest absolute Gasteiger partial charge is 0.457 e. The van der Waals surface area contributed by atoms with Crippen LogP contribution in [0.5, 0.6) is 11.5 Å². The summed E-state index contributed by atoms with van der Waals surface area (Å²) in [6, 6.07) is 70.3. The van der Waals surface area contributed by atoms with E-state index in [1.807, 2.05) is 12.3 Å². The first-order valence-electron chi connectivity index (χ1n) is 27.5. The third-order valence-corrected chi connectivity index (χ3v) is 16.0. The Bertz CT molecular complexity index is 4200. The molecule has 12 aromatic rings. The predicted molar refractivity (Wildman–Crippen MR) is 327 cm³/mol. The van der Waals surface area contributed by atoms with Gasteiger partial charge in [0.2, 0.25) is 0 Å². The molecule has 4 heterocycles. The summed E-state index contributed by atoms with van der Waals surface area (Å²) >= 11 is 0. The molecule has 0 atom stereocenters. The first-order chi connectivity index (χ1) is 37.8. The number of hydrogen-bond acceptors (Lipinski definition) is 5. The molecule has 0 fully saturated rings. The van der Waals surface area contributed by atoms with Gasteiger partial charge in [0, 0.05) is 51.3 Å². The summed E-state index contributed by atoms with van der Waals surface area (Å²) in [6.07, 6.45) is 1.93. The third kappa shape index (κ3) is 8.21. The highest BCUT2D eigenvalue weighted by Gasteiger charge is 2.34. The van der Waals surface area contributed by atoms with Crippen LogP contribution in [0.1, 0.15) is 88.1 Å². The van der Waals surface area contributed by atoms with Crippen LogP contribution in [0.15, 0.2) is 205 Å². The van der Waals surface area contributed by atoms with Crippen LogP contribution in [-0.4, -0.2) is 16.2 Å². The summed E-state index contributed by atoms with van der Waals surface area (Å²) in [5, 5.41) is 4.31. The molecular weight excluding hydrogens is 953 g/mol. The SMILES string of the molecule is Cc1cc(C)c(-c2ccccc2)c(N2CN(c3cc(Oc4ccc5c6c7oc8ccccc8c7ccc6n(-c6cc(C(C)(C)C)ccn6)c5c4)cc(-c4c(C(C)C)cccc4C(C)C)c3)c3ccccc32)c1-c1ccccc1. The molecule has 0 amide bonds. The number of fused-ring (bicyclic) bond motifs is 8. The van der Waals surface area contributed by atoms with Crippen molar-refractivity contribution in [2.45, 2.75) is 79.6 Å². The molecule has 0 aliphatic carbocycles. The van der Waals surface area contributed by atoms with Crippen molar-refractivity contribution in [3.05, 3.63) is 228 Å². The van der Waals surface area contributed by atoms with Gasteiger partial charge in [-0.2, -0.15) is 0 Å². The van der Waals surface area contributed by atoms with Crippen molar-refractivity contribution in [3.63, 3.8) is 0 Å². The van der Waals surface area contributed by atoms with E-state index in [4.69, 9.17) is 14.1 Å². The van der Waals surface area contributed by atoms with Gasteiger partial charge >= 0.3 is 0 Å². The van der Waals surface area contributed by atoms with E-state index in [9.17, 15) is 0 Å². The fourth-order valence-corrected chi connectivity index (χ4v) is 12.3. The normalized spacial score (nSPS) is 12.8. The van der Waals surface area contributed by atoms with Gasteiger partial charge in [-0.25, -0.2) is 4.98 Å². The number of anilines is 4. The van der Waals surface area contributed by atoms with Crippen molar-refractivity contribution in [3.8, 4) is 50.7 Å². The Kier molecular flexibility index (Phi) is 11.9. The highest BCUT2D eigenvalue weighted by molar-refractivity contribution is 6.24. The lowest BCUT2D eigenvalue weighted by atomic mass is 9.85. The molecule has 0 unspecified atom stereocenters. The fourth-order valence-electron chi connectivity index (χ4n) is 12.3. The maximum atomic E-state index is 7.34. The molecule has 0 N–H and O–H groups in total. The second-order valence-corrected chi connectivity index (χ2v) is 22.9. The van der Waals surface area contributed by atoms with Crippen LogP contribution >= 0.6 is 0 Å². The maximum absolute atomic E-state index is 7.34. The van der Waals surface area contributed by atoms with E-state index < -0.39 is 0 Å². The topological polar surface area (TPSA) is 46.7 Å². The lowest BCUT2D eigenvalue weighted by Crippen LogP contribution is -2.25. The highest BCUT2D eigenvalue weighted by atomic mass is 16.5. The van der Waals surface area contributed by atoms with E-state index in [1.54, 1.807) is 0 Å². The Morgan fingerprint density at radius 2 is 1.14 bits per heavy atom. The summed E-state index contributed by atoms with van der Waals surface area (Å²) in [4.78, 5) is 10.1. The number of ether oxygens (including phenoxy) is 1. The van der Waals surface area contributed by atoms with E-state index in [1.165, 1.54) is 61.3 Å². The predicted octanol–water partition coefficient (Wildman–Crippen LogP) is 20.3. The van der Waals surface area contributed by atoms with Gasteiger partial charge in [0.15, 0.2) is 0 Å². The van der Waals surface area contributed by atoms with E-state index in [-0.39, 0.29) is 5.41 Å². The molecule has 6 heteroatoms. The van der Waals surface area contributed by atoms with Crippen LogP contribution in [0, 0.1) is 13.8 Å². The Balaban J connectivity index is 1.02. The number of rotatable bonds is 10. The smallest absolute Gasteiger partial charge is 0.145 e. The first kappa shape index (κ1) is 48.8. The van der Waals surface area contributed by atoms with Crippen LogP contribution in [-0.2, 0) is 5.41 Å². The highest BCUT2D eigenvalue weighted by Crippen LogP contribution is 2.53. The molecule has 0 spiro atoms. The van der Waals surface area contributed by atoms with Gasteiger partial charge in [-0.1, -0.05) is 164 Å². The molecule has 0 radical (unpaired) electrons. The molecule has 0 saturated heterocycles. The van der Waals surface area contributed by atoms with Crippen molar-refractivity contribution in [2.24, 2.45) is 0 Å². The zero-order valence-corrected chi connectivity index (χ0v) is 46.0. The lowest BCUT2D eigenvalue weighted by Gasteiger charge is -2.30. The van der Waals surface area contributed by atoms with Crippen LogP contribution < -0.4 is 14.5 Å². The van der Waals surface area contributed by atoms with Crippen LogP contribution in [0.3, 0.4) is 0 Å². The van der Waals surface area contributed by atoms with Gasteiger partial charge in [-0.05, 0) is 148 Å². The minimum Gasteiger partial charge on any atom is -0.457 e. The quantitative estimate of drug-likeness (QED) is 0.137. The summed E-state index contributed by atoms with van der Waals surface area (Å²) in [7, 11) is 0. The average Bonchev–Trinajstić information content (AvgIpc) is 4.34. The number of pyridine rings is 1. The number of aromatic nitrogens is 2. The van der Waals surface area contributed by atoms with Gasteiger partial charge < -0.3 is 19.0 Å². The fraction of sp³-hybridized carbons (Fsp3) is 0.181. The minimum atomic E-state index is -0.0801. The molecule has 1 aliphatic heterocycles. The molecular formula is C72H64N4O2. The Hall–Kier alpha value is -8.87. The first-order valence-corrected chi connectivity index (χ1v) is 27.5. The lowest BCUT2D eigenvalue weighted by molar-refractivity contribution is 0.483. The molecule has 9 aromatic carbocycles. The number of furan rings is 1. The van der Waals surface area contributed by atoms with Crippen molar-refractivity contribution < 1.29 is 9.15 Å². The standard InChI is InChI=1S/C72H64N4O2/c1-44(2)55-26-20-27-56(45(3)4)68(55)50-38-52(74-43-75(61-29-18-17-28-60(61)74)70-66(48-21-12-10-13-22-48)46(5)37-47(6)67(70)49-23-14-11-15-24-49)41-54(39-50)77-53-31-32-59-63(42-53)76(65-40-51(35-36-73-65)72(7,8)9)62-34-33-58-57-25-16-19-30-64(57)78-71(58)69(59)62/h10-42,44-45H,43H2,1-9H3. The van der Waals surface area contributed by atoms with Gasteiger partial charge in [-0.3, -0.25) is 4.57 Å². The summed E-state index contributed by atoms with van der Waals surface area (Å²) in [6.45, 7) is 21.1. The number of nitrogens with zero attached hydrogens (tertiary/aromatic N) is 4. The second-order valence-electron chi connectivity index (χ2n) is 22.9.